The maximum atomic E-state index is 13.4. The van der Waals surface area contributed by atoms with Crippen molar-refractivity contribution in [1.82, 2.24) is 5.32 Å². The van der Waals surface area contributed by atoms with Crippen molar-refractivity contribution in [2.24, 2.45) is 0 Å². The van der Waals surface area contributed by atoms with Gasteiger partial charge < -0.3 is 20.1 Å². The van der Waals surface area contributed by atoms with Gasteiger partial charge in [0.25, 0.3) is 0 Å². The molecule has 3 aromatic carbocycles. The Balaban J connectivity index is 1.76. The summed E-state index contributed by atoms with van der Waals surface area (Å²) in [5.74, 6) is -1.32. The first kappa shape index (κ1) is 29.1. The van der Waals surface area contributed by atoms with Crippen molar-refractivity contribution in [2.75, 3.05) is 24.8 Å². The van der Waals surface area contributed by atoms with Crippen LogP contribution in [0.25, 0.3) is 5.70 Å². The molecule has 0 fully saturated rings. The molecule has 0 radical (unpaired) electrons. The van der Waals surface area contributed by atoms with Gasteiger partial charge in [-0.25, -0.2) is 4.79 Å². The third kappa shape index (κ3) is 6.45. The van der Waals surface area contributed by atoms with Crippen LogP contribution < -0.4 is 15.4 Å². The van der Waals surface area contributed by atoms with Gasteiger partial charge in [0.1, 0.15) is 5.75 Å². The van der Waals surface area contributed by atoms with Crippen molar-refractivity contribution in [1.29, 1.82) is 5.26 Å². The van der Waals surface area contributed by atoms with Gasteiger partial charge in [-0.05, 0) is 42.3 Å². The molecule has 3 aromatic rings. The summed E-state index contributed by atoms with van der Waals surface area (Å²) in [6, 6.07) is 23.5. The molecule has 40 heavy (non-hydrogen) atoms. The van der Waals surface area contributed by atoms with Gasteiger partial charge >= 0.3 is 5.97 Å². The van der Waals surface area contributed by atoms with Crippen LogP contribution in [0, 0.1) is 11.3 Å². The second-order valence-corrected chi connectivity index (χ2v) is 10.3. The first-order valence-corrected chi connectivity index (χ1v) is 14.0. The van der Waals surface area contributed by atoms with Gasteiger partial charge in [0.15, 0.2) is 0 Å². The molecule has 1 heterocycles. The number of hydrogen-bond donors (Lipinski definition) is 2. The predicted molar refractivity (Wildman–Crippen MR) is 159 cm³/mol. The van der Waals surface area contributed by atoms with Gasteiger partial charge in [0, 0.05) is 10.0 Å². The lowest BCUT2D eigenvalue weighted by Crippen LogP contribution is -2.30. The van der Waals surface area contributed by atoms with Gasteiger partial charge in [0.2, 0.25) is 5.91 Å². The van der Waals surface area contributed by atoms with Crippen molar-refractivity contribution in [2.45, 2.75) is 12.8 Å². The first-order chi connectivity index (χ1) is 19.4. The Bertz CT molecular complexity index is 1530. The number of methoxy groups -OCH3 is 1. The number of allylic oxidation sites excluding steroid dienone is 1. The Kier molecular flexibility index (Phi) is 9.78. The van der Waals surface area contributed by atoms with E-state index in [0.717, 1.165) is 11.8 Å². The maximum absolute atomic E-state index is 13.4. The average molecular weight is 595 g/mol. The minimum atomic E-state index is -0.826. The standard InChI is InChI=1S/C30H25Cl2N3O4S/c1-3-39-30(37)27-26(20-11-7-8-12-22(20)32)21(16-33)29(35-28(27)18-9-5-4-6-10-18)40-17-25(36)34-23-15-19(31)13-14-24(23)38-2/h4-15,26,35H,3,17H2,1-2H3,(H,34,36). The quantitative estimate of drug-likeness (QED) is 0.264. The Labute approximate surface area is 246 Å². The van der Waals surface area contributed by atoms with E-state index in [0.29, 0.717) is 43.3 Å². The highest BCUT2D eigenvalue weighted by Crippen LogP contribution is 2.45. The normalized spacial score (nSPS) is 14.7. The number of hydrogen-bond acceptors (Lipinski definition) is 7. The van der Waals surface area contributed by atoms with Crippen molar-refractivity contribution >= 4 is 58.2 Å². The van der Waals surface area contributed by atoms with E-state index >= 15 is 0 Å². The number of carbonyl (C=O) groups excluding carboxylic acids is 2. The van der Waals surface area contributed by atoms with E-state index in [1.54, 1.807) is 49.4 Å². The fourth-order valence-electron chi connectivity index (χ4n) is 4.28. The molecule has 0 aromatic heterocycles. The number of nitrogens with zero attached hydrogens (tertiary/aromatic N) is 1. The number of nitriles is 1. The molecule has 4 rings (SSSR count). The van der Waals surface area contributed by atoms with Crippen molar-refractivity contribution in [3.05, 3.63) is 110 Å². The number of thioether (sulfide) groups is 1. The van der Waals surface area contributed by atoms with Crippen LogP contribution >= 0.6 is 35.0 Å². The molecular formula is C30H25Cl2N3O4S. The Morgan fingerprint density at radius 1 is 1.07 bits per heavy atom. The molecule has 1 aliphatic heterocycles. The third-order valence-corrected chi connectivity index (χ3v) is 7.60. The number of ether oxygens (including phenoxy) is 2. The largest absolute Gasteiger partial charge is 0.495 e. The molecule has 0 aliphatic carbocycles. The van der Waals surface area contributed by atoms with E-state index in [4.69, 9.17) is 32.7 Å². The minimum Gasteiger partial charge on any atom is -0.495 e. The van der Waals surface area contributed by atoms with Crippen LogP contribution in [-0.2, 0) is 14.3 Å². The molecule has 0 saturated carbocycles. The summed E-state index contributed by atoms with van der Waals surface area (Å²) >= 11 is 13.8. The van der Waals surface area contributed by atoms with E-state index in [2.05, 4.69) is 16.7 Å². The molecule has 2 N–H and O–H groups in total. The molecule has 0 bridgehead atoms. The number of benzene rings is 3. The number of anilines is 1. The summed E-state index contributed by atoms with van der Waals surface area (Å²) in [5.41, 5.74) is 2.69. The number of amides is 1. The predicted octanol–water partition coefficient (Wildman–Crippen LogP) is 6.77. The maximum Gasteiger partial charge on any atom is 0.337 e. The lowest BCUT2D eigenvalue weighted by Gasteiger charge is -2.31. The lowest BCUT2D eigenvalue weighted by atomic mass is 9.81. The Hall–Kier alpha value is -3.90. The second kappa shape index (κ2) is 13.4. The van der Waals surface area contributed by atoms with E-state index in [9.17, 15) is 14.9 Å². The third-order valence-electron chi connectivity index (χ3n) is 6.01. The molecule has 7 nitrogen and oxygen atoms in total. The van der Waals surface area contributed by atoms with Crippen molar-refractivity contribution in [3.8, 4) is 11.8 Å². The van der Waals surface area contributed by atoms with Gasteiger partial charge in [-0.3, -0.25) is 4.79 Å². The zero-order valence-corrected chi connectivity index (χ0v) is 24.0. The number of halogens is 2. The van der Waals surface area contributed by atoms with Crippen LogP contribution in [0.4, 0.5) is 5.69 Å². The number of dihydropyridines is 1. The monoisotopic (exact) mass is 593 g/mol. The van der Waals surface area contributed by atoms with Crippen LogP contribution in [-0.4, -0.2) is 31.3 Å². The number of rotatable bonds is 9. The molecule has 1 atom stereocenters. The number of esters is 1. The fourth-order valence-corrected chi connectivity index (χ4v) is 5.54. The average Bonchev–Trinajstić information content (AvgIpc) is 2.96. The van der Waals surface area contributed by atoms with Gasteiger partial charge in [0.05, 0.1) is 59.0 Å². The van der Waals surface area contributed by atoms with Gasteiger partial charge in [-0.15, -0.1) is 0 Å². The fraction of sp³-hybridized carbons (Fsp3) is 0.167. The number of nitrogens with one attached hydrogen (secondary N) is 2. The van der Waals surface area contributed by atoms with E-state index < -0.39 is 11.9 Å². The highest BCUT2D eigenvalue weighted by molar-refractivity contribution is 8.03. The highest BCUT2D eigenvalue weighted by atomic mass is 35.5. The molecular weight excluding hydrogens is 569 g/mol. The van der Waals surface area contributed by atoms with Gasteiger partial charge in [-0.1, -0.05) is 83.5 Å². The van der Waals surface area contributed by atoms with Crippen LogP contribution in [0.1, 0.15) is 24.0 Å². The molecule has 1 aliphatic rings. The zero-order chi connectivity index (χ0) is 28.6. The minimum absolute atomic E-state index is 0.0464. The molecule has 1 amide bonds. The van der Waals surface area contributed by atoms with Crippen LogP contribution in [0.15, 0.2) is 89.0 Å². The summed E-state index contributed by atoms with van der Waals surface area (Å²) < 4.78 is 10.8. The van der Waals surface area contributed by atoms with Crippen LogP contribution in [0.2, 0.25) is 10.0 Å². The van der Waals surface area contributed by atoms with Crippen molar-refractivity contribution in [3.63, 3.8) is 0 Å². The summed E-state index contributed by atoms with van der Waals surface area (Å²) in [6.07, 6.45) is 0. The number of carbonyl (C=O) groups is 2. The molecule has 1 unspecified atom stereocenters. The van der Waals surface area contributed by atoms with E-state index in [1.165, 1.54) is 7.11 Å². The summed E-state index contributed by atoms with van der Waals surface area (Å²) in [5, 5.41) is 17.7. The molecule has 0 saturated heterocycles. The van der Waals surface area contributed by atoms with Crippen LogP contribution in [0.5, 0.6) is 5.75 Å². The smallest absolute Gasteiger partial charge is 0.337 e. The van der Waals surface area contributed by atoms with E-state index in [1.807, 2.05) is 30.3 Å². The van der Waals surface area contributed by atoms with E-state index in [-0.39, 0.29) is 29.4 Å². The molecule has 10 heteroatoms. The molecule has 0 spiro atoms. The second-order valence-electron chi connectivity index (χ2n) is 8.49. The highest BCUT2D eigenvalue weighted by Gasteiger charge is 2.38. The van der Waals surface area contributed by atoms with Gasteiger partial charge in [-0.2, -0.15) is 5.26 Å². The Morgan fingerprint density at radius 2 is 1.80 bits per heavy atom. The van der Waals surface area contributed by atoms with Crippen LogP contribution in [0.3, 0.4) is 0 Å². The topological polar surface area (TPSA) is 100 Å². The zero-order valence-electron chi connectivity index (χ0n) is 21.7. The first-order valence-electron chi connectivity index (χ1n) is 12.3. The summed E-state index contributed by atoms with van der Waals surface area (Å²) in [6.45, 7) is 1.87. The SMILES string of the molecule is CCOC(=O)C1=C(c2ccccc2)NC(SCC(=O)Nc2cc(Cl)ccc2OC)=C(C#N)C1c1ccccc1Cl. The Morgan fingerprint density at radius 3 is 2.48 bits per heavy atom. The molecule has 204 valence electrons. The summed E-state index contributed by atoms with van der Waals surface area (Å²) in [4.78, 5) is 26.4. The lowest BCUT2D eigenvalue weighted by molar-refractivity contribution is -0.138. The van der Waals surface area contributed by atoms with Crippen molar-refractivity contribution < 1.29 is 19.1 Å². The summed E-state index contributed by atoms with van der Waals surface area (Å²) in [7, 11) is 1.50.